The molecule has 100 valence electrons. The van der Waals surface area contributed by atoms with Crippen LogP contribution in [0.5, 0.6) is 0 Å². The summed E-state index contributed by atoms with van der Waals surface area (Å²) in [6, 6.07) is 1.25. The summed E-state index contributed by atoms with van der Waals surface area (Å²) in [6.07, 6.45) is 1.21. The predicted molar refractivity (Wildman–Crippen MR) is 66.5 cm³/mol. The number of aromatic nitrogens is 4. The molecule has 0 bridgehead atoms. The third-order valence-electron chi connectivity index (χ3n) is 2.42. The Morgan fingerprint density at radius 1 is 1.42 bits per heavy atom. The number of amides is 1. The molecule has 2 heterocycles. The van der Waals surface area contributed by atoms with Gasteiger partial charge in [-0.25, -0.2) is 9.97 Å². The van der Waals surface area contributed by atoms with E-state index in [1.54, 1.807) is 27.0 Å². The summed E-state index contributed by atoms with van der Waals surface area (Å²) < 4.78 is 4.63. The summed E-state index contributed by atoms with van der Waals surface area (Å²) in [6.45, 7) is 3.55. The van der Waals surface area contributed by atoms with E-state index in [0.717, 1.165) is 0 Å². The van der Waals surface area contributed by atoms with Gasteiger partial charge in [0.2, 0.25) is 12.3 Å². The van der Waals surface area contributed by atoms with E-state index in [0.29, 0.717) is 17.5 Å². The van der Waals surface area contributed by atoms with Gasteiger partial charge in [0.1, 0.15) is 5.69 Å². The van der Waals surface area contributed by atoms with Crippen molar-refractivity contribution in [2.45, 2.75) is 19.9 Å². The van der Waals surface area contributed by atoms with Crippen molar-refractivity contribution < 1.29 is 9.32 Å². The Morgan fingerprint density at radius 3 is 2.84 bits per heavy atom. The van der Waals surface area contributed by atoms with Crippen LogP contribution >= 0.6 is 0 Å². The molecule has 19 heavy (non-hydrogen) atoms. The first-order valence-electron chi connectivity index (χ1n) is 5.70. The fraction of sp³-hybridized carbons (Fsp3) is 0.364. The van der Waals surface area contributed by atoms with Crippen molar-refractivity contribution in [1.29, 1.82) is 0 Å². The van der Waals surface area contributed by atoms with E-state index in [1.807, 2.05) is 0 Å². The van der Waals surface area contributed by atoms with Gasteiger partial charge < -0.3 is 15.2 Å². The molecule has 0 aliphatic carbocycles. The third kappa shape index (κ3) is 3.03. The molecule has 8 nitrogen and oxygen atoms in total. The molecule has 1 amide bonds. The number of carbonyl (C=O) groups excluding carboxylic acids is 1. The summed E-state index contributed by atoms with van der Waals surface area (Å²) >= 11 is 0. The number of hydrogen-bond acceptors (Lipinski definition) is 7. The first kappa shape index (κ1) is 12.9. The third-order valence-corrected chi connectivity index (χ3v) is 2.42. The largest absolute Gasteiger partial charge is 0.357 e. The topological polar surface area (TPSA) is 106 Å². The van der Waals surface area contributed by atoms with Crippen molar-refractivity contribution in [2.24, 2.45) is 0 Å². The van der Waals surface area contributed by atoms with E-state index in [4.69, 9.17) is 0 Å². The highest BCUT2D eigenvalue weighted by atomic mass is 16.5. The second-order valence-corrected chi connectivity index (χ2v) is 3.95. The van der Waals surface area contributed by atoms with Gasteiger partial charge in [-0.2, -0.15) is 4.98 Å². The molecule has 0 radical (unpaired) electrons. The van der Waals surface area contributed by atoms with Gasteiger partial charge in [-0.05, 0) is 19.9 Å². The molecule has 1 atom stereocenters. The molecule has 2 rings (SSSR count). The van der Waals surface area contributed by atoms with E-state index >= 15 is 0 Å². The number of anilines is 1. The number of rotatable bonds is 4. The zero-order valence-electron chi connectivity index (χ0n) is 10.8. The normalized spacial score (nSPS) is 11.9. The van der Waals surface area contributed by atoms with E-state index in [-0.39, 0.29) is 17.6 Å². The number of nitrogens with zero attached hydrogens (tertiary/aromatic N) is 4. The van der Waals surface area contributed by atoms with Crippen LogP contribution in [0, 0.1) is 6.92 Å². The number of nitrogens with one attached hydrogen (secondary N) is 2. The maximum Gasteiger partial charge on any atom is 0.270 e. The van der Waals surface area contributed by atoms with Crippen LogP contribution < -0.4 is 10.6 Å². The molecule has 2 N–H and O–H groups in total. The highest BCUT2D eigenvalue weighted by Crippen LogP contribution is 2.09. The average Bonchev–Trinajstić information content (AvgIpc) is 2.91. The molecule has 2 aromatic rings. The Hall–Kier alpha value is -2.51. The second kappa shape index (κ2) is 5.42. The molecule has 0 aliphatic rings. The zero-order valence-corrected chi connectivity index (χ0v) is 10.8. The molecule has 2 aromatic heterocycles. The van der Waals surface area contributed by atoms with Crippen LogP contribution in [0.2, 0.25) is 0 Å². The molecule has 0 aliphatic heterocycles. The number of aryl methyl sites for hydroxylation is 1. The highest BCUT2D eigenvalue weighted by molar-refractivity contribution is 5.92. The Kier molecular flexibility index (Phi) is 3.69. The first-order valence-corrected chi connectivity index (χ1v) is 5.70. The second-order valence-electron chi connectivity index (χ2n) is 3.95. The van der Waals surface area contributed by atoms with Crippen molar-refractivity contribution in [2.75, 3.05) is 12.4 Å². The van der Waals surface area contributed by atoms with Crippen molar-refractivity contribution in [3.8, 4) is 0 Å². The molecule has 0 saturated carbocycles. The Balaban J connectivity index is 2.13. The Morgan fingerprint density at radius 2 is 2.21 bits per heavy atom. The summed E-state index contributed by atoms with van der Waals surface area (Å²) in [5.41, 5.74) is 0.990. The van der Waals surface area contributed by atoms with Gasteiger partial charge in [0.15, 0.2) is 5.82 Å². The number of hydrogen-bond donors (Lipinski definition) is 2. The smallest absolute Gasteiger partial charge is 0.270 e. The van der Waals surface area contributed by atoms with Crippen LogP contribution in [0.4, 0.5) is 5.95 Å². The van der Waals surface area contributed by atoms with Crippen molar-refractivity contribution in [3.63, 3.8) is 0 Å². The van der Waals surface area contributed by atoms with Crippen molar-refractivity contribution in [3.05, 3.63) is 29.7 Å². The number of carbonyl (C=O) groups is 1. The molecule has 0 spiro atoms. The maximum atomic E-state index is 12.1. The molecule has 0 saturated heterocycles. The van der Waals surface area contributed by atoms with Gasteiger partial charge in [-0.15, -0.1) is 0 Å². The van der Waals surface area contributed by atoms with Gasteiger partial charge in [0.25, 0.3) is 5.91 Å². The van der Waals surface area contributed by atoms with Crippen LogP contribution in [-0.4, -0.2) is 33.1 Å². The minimum Gasteiger partial charge on any atom is -0.357 e. The van der Waals surface area contributed by atoms with Gasteiger partial charge in [-0.3, -0.25) is 4.79 Å². The quantitative estimate of drug-likeness (QED) is 0.835. The lowest BCUT2D eigenvalue weighted by molar-refractivity contribution is 0.0932. The zero-order chi connectivity index (χ0) is 13.8. The summed E-state index contributed by atoms with van der Waals surface area (Å²) in [7, 11) is 1.69. The lowest BCUT2D eigenvalue weighted by Crippen LogP contribution is -2.28. The van der Waals surface area contributed by atoms with Crippen LogP contribution in [-0.2, 0) is 0 Å². The van der Waals surface area contributed by atoms with Crippen LogP contribution in [0.15, 0.2) is 17.0 Å². The van der Waals surface area contributed by atoms with Gasteiger partial charge in [-0.1, -0.05) is 5.16 Å². The van der Waals surface area contributed by atoms with E-state index in [9.17, 15) is 4.79 Å². The fourth-order valence-corrected chi connectivity index (χ4v) is 1.50. The van der Waals surface area contributed by atoms with Crippen LogP contribution in [0.1, 0.15) is 35.0 Å². The predicted octanol–water partition coefficient (Wildman–Crippen LogP) is 0.701. The lowest BCUT2D eigenvalue weighted by Gasteiger charge is -2.10. The fourth-order valence-electron chi connectivity index (χ4n) is 1.50. The molecule has 0 fully saturated rings. The SMILES string of the molecule is CNc1nc(C)cc(C(=O)N[C@H](C)c2ncon2)n1. The Bertz CT molecular complexity index is 569. The lowest BCUT2D eigenvalue weighted by atomic mass is 10.2. The van der Waals surface area contributed by atoms with E-state index in [1.165, 1.54) is 6.39 Å². The van der Waals surface area contributed by atoms with Gasteiger partial charge in [0.05, 0.1) is 6.04 Å². The molecule has 0 aromatic carbocycles. The van der Waals surface area contributed by atoms with E-state index in [2.05, 4.69) is 35.3 Å². The molecular formula is C11H14N6O2. The van der Waals surface area contributed by atoms with Crippen LogP contribution in [0.25, 0.3) is 0 Å². The maximum absolute atomic E-state index is 12.1. The monoisotopic (exact) mass is 262 g/mol. The average molecular weight is 262 g/mol. The summed E-state index contributed by atoms with van der Waals surface area (Å²) in [5, 5.41) is 9.21. The van der Waals surface area contributed by atoms with E-state index < -0.39 is 0 Å². The molecular weight excluding hydrogens is 248 g/mol. The van der Waals surface area contributed by atoms with Crippen molar-refractivity contribution in [1.82, 2.24) is 25.4 Å². The van der Waals surface area contributed by atoms with Gasteiger partial charge in [0, 0.05) is 12.7 Å². The van der Waals surface area contributed by atoms with Crippen molar-refractivity contribution >= 4 is 11.9 Å². The minimum atomic E-state index is -0.362. The molecule has 8 heteroatoms. The minimum absolute atomic E-state index is 0.284. The first-order chi connectivity index (χ1) is 9.10. The summed E-state index contributed by atoms with van der Waals surface area (Å²) in [5.74, 6) is 0.490. The standard InChI is InChI=1S/C11H14N6O2/c1-6-4-8(16-11(12-3)14-6)10(18)15-7(2)9-13-5-19-17-9/h4-5,7H,1-3H3,(H,15,18)(H,12,14,16)/t7-/m1/s1. The van der Waals surface area contributed by atoms with Crippen LogP contribution in [0.3, 0.4) is 0 Å². The Labute approximate surface area is 109 Å². The van der Waals surface area contributed by atoms with Gasteiger partial charge >= 0.3 is 0 Å². The highest BCUT2D eigenvalue weighted by Gasteiger charge is 2.16. The molecule has 0 unspecified atom stereocenters. The summed E-state index contributed by atoms with van der Waals surface area (Å²) in [4.78, 5) is 24.1.